The highest BCUT2D eigenvalue weighted by molar-refractivity contribution is 5.87. The number of rotatable bonds is 4. The number of ether oxygens (including phenoxy) is 3. The van der Waals surface area contributed by atoms with Gasteiger partial charge in [-0.3, -0.25) is 0 Å². The Balaban J connectivity index is 2.09. The molecule has 0 saturated heterocycles. The molecule has 0 bridgehead atoms. The molecule has 0 unspecified atom stereocenters. The fraction of sp³-hybridized carbons (Fsp3) is 0.300. The molecule has 0 amide bonds. The molecule has 0 saturated carbocycles. The monoisotopic (exact) mass is 342 g/mol. The second-order valence-electron chi connectivity index (χ2n) is 6.77. The first kappa shape index (κ1) is 18.5. The van der Waals surface area contributed by atoms with Crippen LogP contribution in [0.15, 0.2) is 48.6 Å². The van der Waals surface area contributed by atoms with E-state index in [9.17, 15) is 9.59 Å². The number of benzene rings is 2. The van der Waals surface area contributed by atoms with Crippen LogP contribution >= 0.6 is 0 Å². The van der Waals surface area contributed by atoms with E-state index >= 15 is 0 Å². The highest BCUT2D eigenvalue weighted by atomic mass is 16.7. The Morgan fingerprint density at radius 1 is 1.04 bits per heavy atom. The molecule has 0 N–H and O–H groups in total. The lowest BCUT2D eigenvalue weighted by molar-refractivity contribution is -0.140. The van der Waals surface area contributed by atoms with Gasteiger partial charge < -0.3 is 14.2 Å². The van der Waals surface area contributed by atoms with E-state index in [1.807, 2.05) is 24.3 Å². The summed E-state index contributed by atoms with van der Waals surface area (Å²) in [5.74, 6) is -0.00980. The smallest absolute Gasteiger partial charge is 0.457 e. The zero-order chi connectivity index (χ0) is 18.6. The topological polar surface area (TPSA) is 61.8 Å². The summed E-state index contributed by atoms with van der Waals surface area (Å²) in [5, 5.41) is 1.84. The molecule has 5 nitrogen and oxygen atoms in total. The maximum absolute atomic E-state index is 11.7. The molecule has 0 fully saturated rings. The molecule has 0 aliphatic carbocycles. The van der Waals surface area contributed by atoms with Crippen molar-refractivity contribution >= 4 is 22.9 Å². The van der Waals surface area contributed by atoms with Crippen molar-refractivity contribution in [3.63, 3.8) is 0 Å². The van der Waals surface area contributed by atoms with Crippen LogP contribution in [0.3, 0.4) is 0 Å². The minimum atomic E-state index is -0.741. The van der Waals surface area contributed by atoms with Gasteiger partial charge in [-0.15, -0.1) is 0 Å². The highest BCUT2D eigenvalue weighted by Gasteiger charge is 2.18. The van der Waals surface area contributed by atoms with Crippen LogP contribution in [0.25, 0.3) is 10.8 Å². The highest BCUT2D eigenvalue weighted by Crippen LogP contribution is 2.23. The van der Waals surface area contributed by atoms with Crippen LogP contribution < -0.4 is 4.74 Å². The normalized spacial score (nSPS) is 11.0. The number of hydrogen-bond acceptors (Lipinski definition) is 5. The van der Waals surface area contributed by atoms with Crippen LogP contribution in [0.1, 0.15) is 33.3 Å². The minimum Gasteiger partial charge on any atom is -0.457 e. The first-order valence-electron chi connectivity index (χ1n) is 7.90. The predicted octanol–water partition coefficient (Wildman–Crippen LogP) is 4.77. The van der Waals surface area contributed by atoms with Crippen LogP contribution in [0.4, 0.5) is 4.79 Å². The third kappa shape index (κ3) is 5.64. The van der Waals surface area contributed by atoms with Crippen LogP contribution in [-0.4, -0.2) is 17.7 Å². The fourth-order valence-electron chi connectivity index (χ4n) is 2.07. The number of carbonyl (C=O) groups excluding carboxylic acids is 2. The summed E-state index contributed by atoms with van der Waals surface area (Å²) in [7, 11) is 0. The Kier molecular flexibility index (Phi) is 5.47. The first-order chi connectivity index (χ1) is 11.6. The van der Waals surface area contributed by atoms with E-state index in [-0.39, 0.29) is 6.61 Å². The molecule has 0 atom stereocenters. The molecule has 25 heavy (non-hydrogen) atoms. The Labute approximate surface area is 147 Å². The van der Waals surface area contributed by atoms with Crippen molar-refractivity contribution in [3.8, 4) is 5.75 Å². The van der Waals surface area contributed by atoms with Gasteiger partial charge in [0.05, 0.1) is 0 Å². The van der Waals surface area contributed by atoms with E-state index in [1.165, 1.54) is 0 Å². The van der Waals surface area contributed by atoms with E-state index in [4.69, 9.17) is 14.2 Å². The standard InChI is InChI=1S/C20H22O5/c1-13(2)18(21)23-12-14-6-7-16-11-17(9-8-15(16)10-14)24-19(22)25-20(3,4)5/h6-11H,1,12H2,2-5H3. The van der Waals surface area contributed by atoms with Gasteiger partial charge in [0.1, 0.15) is 18.0 Å². The van der Waals surface area contributed by atoms with Gasteiger partial charge in [-0.05, 0) is 62.2 Å². The average molecular weight is 342 g/mol. The molecule has 0 aliphatic heterocycles. The average Bonchev–Trinajstić information content (AvgIpc) is 2.50. The van der Waals surface area contributed by atoms with E-state index in [0.29, 0.717) is 11.3 Å². The molecule has 5 heteroatoms. The van der Waals surface area contributed by atoms with Crippen molar-refractivity contribution < 1.29 is 23.8 Å². The lowest BCUT2D eigenvalue weighted by Gasteiger charge is -2.18. The van der Waals surface area contributed by atoms with Gasteiger partial charge in [0, 0.05) is 5.57 Å². The molecule has 0 heterocycles. The fourth-order valence-corrected chi connectivity index (χ4v) is 2.07. The van der Waals surface area contributed by atoms with Crippen molar-refractivity contribution in [3.05, 3.63) is 54.1 Å². The molecule has 132 valence electrons. The van der Waals surface area contributed by atoms with Gasteiger partial charge in [0.15, 0.2) is 0 Å². The van der Waals surface area contributed by atoms with Crippen LogP contribution in [-0.2, 0) is 20.9 Å². The summed E-state index contributed by atoms with van der Waals surface area (Å²) in [6.07, 6.45) is -0.741. The molecule has 0 spiro atoms. The molecular formula is C20H22O5. The predicted molar refractivity (Wildman–Crippen MR) is 95.4 cm³/mol. The second kappa shape index (κ2) is 7.38. The summed E-state index contributed by atoms with van der Waals surface area (Å²) in [5.41, 5.74) is 0.622. The van der Waals surface area contributed by atoms with E-state index in [2.05, 4.69) is 6.58 Å². The third-order valence-electron chi connectivity index (χ3n) is 3.19. The summed E-state index contributed by atoms with van der Waals surface area (Å²) in [6.45, 7) is 10.7. The lowest BCUT2D eigenvalue weighted by Crippen LogP contribution is -2.25. The number of esters is 1. The number of fused-ring (bicyclic) bond motifs is 1. The third-order valence-corrected chi connectivity index (χ3v) is 3.19. The molecule has 2 aromatic carbocycles. The summed E-state index contributed by atoms with van der Waals surface area (Å²) >= 11 is 0. The number of hydrogen-bond donors (Lipinski definition) is 0. The second-order valence-corrected chi connectivity index (χ2v) is 6.77. The lowest BCUT2D eigenvalue weighted by atomic mass is 10.1. The van der Waals surface area contributed by atoms with Crippen LogP contribution in [0.2, 0.25) is 0 Å². The van der Waals surface area contributed by atoms with Crippen molar-refractivity contribution in [2.24, 2.45) is 0 Å². The van der Waals surface area contributed by atoms with Gasteiger partial charge in [-0.2, -0.15) is 0 Å². The van der Waals surface area contributed by atoms with Gasteiger partial charge in [-0.25, -0.2) is 9.59 Å². The summed E-state index contributed by atoms with van der Waals surface area (Å²) < 4.78 is 15.5. The van der Waals surface area contributed by atoms with E-state index in [1.54, 1.807) is 39.8 Å². The van der Waals surface area contributed by atoms with E-state index < -0.39 is 17.7 Å². The Morgan fingerprint density at radius 3 is 2.32 bits per heavy atom. The van der Waals surface area contributed by atoms with Crippen LogP contribution in [0, 0.1) is 0 Å². The molecule has 0 aliphatic rings. The molecule has 0 aromatic heterocycles. The Bertz CT molecular complexity index is 814. The SMILES string of the molecule is C=C(C)C(=O)OCc1ccc2cc(OC(=O)OC(C)(C)C)ccc2c1. The molecule has 2 rings (SSSR count). The Hall–Kier alpha value is -2.82. The zero-order valence-corrected chi connectivity index (χ0v) is 14.9. The van der Waals surface area contributed by atoms with Gasteiger partial charge >= 0.3 is 12.1 Å². The Morgan fingerprint density at radius 2 is 1.68 bits per heavy atom. The first-order valence-corrected chi connectivity index (χ1v) is 7.90. The minimum absolute atomic E-state index is 0.178. The van der Waals surface area contributed by atoms with Crippen molar-refractivity contribution in [1.29, 1.82) is 0 Å². The maximum atomic E-state index is 11.7. The zero-order valence-electron chi connectivity index (χ0n) is 14.9. The molecule has 2 aromatic rings. The van der Waals surface area contributed by atoms with Crippen molar-refractivity contribution in [1.82, 2.24) is 0 Å². The molecule has 0 radical (unpaired) electrons. The number of carbonyl (C=O) groups is 2. The van der Waals surface area contributed by atoms with Gasteiger partial charge in [0.2, 0.25) is 0 Å². The summed E-state index contributed by atoms with van der Waals surface area (Å²) in [6, 6.07) is 10.9. The maximum Gasteiger partial charge on any atom is 0.514 e. The van der Waals surface area contributed by atoms with Crippen LogP contribution in [0.5, 0.6) is 5.75 Å². The summed E-state index contributed by atoms with van der Waals surface area (Å²) in [4.78, 5) is 23.2. The quantitative estimate of drug-likeness (QED) is 0.455. The van der Waals surface area contributed by atoms with Crippen molar-refractivity contribution in [2.45, 2.75) is 39.9 Å². The molecular weight excluding hydrogens is 320 g/mol. The largest absolute Gasteiger partial charge is 0.514 e. The van der Waals surface area contributed by atoms with Crippen molar-refractivity contribution in [2.75, 3.05) is 0 Å². The van der Waals surface area contributed by atoms with Gasteiger partial charge in [-0.1, -0.05) is 24.8 Å². The van der Waals surface area contributed by atoms with E-state index in [0.717, 1.165) is 16.3 Å². The van der Waals surface area contributed by atoms with Gasteiger partial charge in [0.25, 0.3) is 0 Å².